The monoisotopic (exact) mass is 225 g/mol. The summed E-state index contributed by atoms with van der Waals surface area (Å²) in [5, 5.41) is 0. The minimum Gasteiger partial charge on any atom is -0.382 e. The first kappa shape index (κ1) is 10.4. The van der Waals surface area contributed by atoms with Crippen LogP contribution in [0.15, 0.2) is 24.5 Å². The number of rotatable bonds is 1. The highest BCUT2D eigenvalue weighted by Crippen LogP contribution is 2.24. The Morgan fingerprint density at radius 1 is 1.00 bits per heavy atom. The topological polar surface area (TPSA) is 51.8 Å². The molecule has 0 unspecified atom stereocenters. The Morgan fingerprint density at radius 2 is 1.75 bits per heavy atom. The number of hydrogen-bond acceptors (Lipinski definition) is 3. The van der Waals surface area contributed by atoms with E-state index < -0.39 is 17.5 Å². The van der Waals surface area contributed by atoms with E-state index in [-0.39, 0.29) is 17.1 Å². The van der Waals surface area contributed by atoms with E-state index in [2.05, 4.69) is 9.97 Å². The highest BCUT2D eigenvalue weighted by Gasteiger charge is 2.15. The molecule has 0 atom stereocenters. The molecule has 0 bridgehead atoms. The van der Waals surface area contributed by atoms with Gasteiger partial charge < -0.3 is 5.73 Å². The molecule has 2 rings (SSSR count). The summed E-state index contributed by atoms with van der Waals surface area (Å²) >= 11 is 0. The third-order valence-corrected chi connectivity index (χ3v) is 1.96. The predicted octanol–water partition coefficient (Wildman–Crippen LogP) is 2.14. The number of nitrogens with two attached hydrogens (primary N) is 1. The Labute approximate surface area is 88.8 Å². The van der Waals surface area contributed by atoms with E-state index in [0.29, 0.717) is 0 Å². The smallest absolute Gasteiger partial charge is 0.195 e. The minimum absolute atomic E-state index is 0.0522. The molecule has 0 saturated carbocycles. The fourth-order valence-corrected chi connectivity index (χ4v) is 1.23. The zero-order chi connectivity index (χ0) is 11.7. The number of nitrogen functional groups attached to an aromatic ring is 1. The van der Waals surface area contributed by atoms with Crippen molar-refractivity contribution in [3.05, 3.63) is 42.0 Å². The number of hydrogen-bond donors (Lipinski definition) is 1. The van der Waals surface area contributed by atoms with Crippen molar-refractivity contribution in [1.29, 1.82) is 0 Å². The van der Waals surface area contributed by atoms with E-state index in [4.69, 9.17) is 5.73 Å². The van der Waals surface area contributed by atoms with Crippen LogP contribution in [-0.4, -0.2) is 9.97 Å². The van der Waals surface area contributed by atoms with Gasteiger partial charge in [0, 0.05) is 5.56 Å². The number of halogens is 3. The summed E-state index contributed by atoms with van der Waals surface area (Å²) in [5.74, 6) is -4.03. The molecule has 6 heteroatoms. The van der Waals surface area contributed by atoms with E-state index >= 15 is 0 Å². The van der Waals surface area contributed by atoms with Crippen LogP contribution in [0.2, 0.25) is 0 Å². The molecule has 1 heterocycles. The second-order valence-electron chi connectivity index (χ2n) is 3.05. The molecule has 0 aliphatic rings. The zero-order valence-electron chi connectivity index (χ0n) is 7.92. The molecule has 2 N–H and O–H groups in total. The first-order valence-corrected chi connectivity index (χ1v) is 4.31. The third-order valence-electron chi connectivity index (χ3n) is 1.96. The maximum Gasteiger partial charge on any atom is 0.195 e. The molecule has 82 valence electrons. The van der Waals surface area contributed by atoms with Gasteiger partial charge in [0.05, 0.1) is 18.1 Å². The molecule has 1 aromatic heterocycles. The van der Waals surface area contributed by atoms with E-state index in [1.807, 2.05) is 0 Å². The molecule has 0 amide bonds. The lowest BCUT2D eigenvalue weighted by atomic mass is 10.1. The lowest BCUT2D eigenvalue weighted by Crippen LogP contribution is -1.98. The van der Waals surface area contributed by atoms with Crippen molar-refractivity contribution in [3.63, 3.8) is 0 Å². The van der Waals surface area contributed by atoms with Gasteiger partial charge in [0.1, 0.15) is 5.82 Å². The van der Waals surface area contributed by atoms with Gasteiger partial charge in [-0.1, -0.05) is 0 Å². The van der Waals surface area contributed by atoms with Crippen molar-refractivity contribution in [1.82, 2.24) is 9.97 Å². The van der Waals surface area contributed by atoms with Crippen LogP contribution in [-0.2, 0) is 0 Å². The normalized spacial score (nSPS) is 10.4. The molecule has 0 aliphatic carbocycles. The van der Waals surface area contributed by atoms with Crippen molar-refractivity contribution in [2.24, 2.45) is 0 Å². The van der Waals surface area contributed by atoms with Gasteiger partial charge in [0.2, 0.25) is 0 Å². The van der Waals surface area contributed by atoms with Gasteiger partial charge in [0.25, 0.3) is 0 Å². The fourth-order valence-electron chi connectivity index (χ4n) is 1.23. The van der Waals surface area contributed by atoms with Crippen molar-refractivity contribution in [3.8, 4) is 11.3 Å². The molecule has 16 heavy (non-hydrogen) atoms. The maximum atomic E-state index is 13.4. The molecule has 2 aromatic rings. The van der Waals surface area contributed by atoms with E-state index in [9.17, 15) is 13.2 Å². The summed E-state index contributed by atoms with van der Waals surface area (Å²) in [6.45, 7) is 0. The number of aromatic nitrogens is 2. The molecule has 0 saturated heterocycles. The Bertz CT molecular complexity index is 543. The van der Waals surface area contributed by atoms with E-state index in [1.54, 1.807) is 0 Å². The second-order valence-corrected chi connectivity index (χ2v) is 3.05. The molecule has 3 nitrogen and oxygen atoms in total. The highest BCUT2D eigenvalue weighted by molar-refractivity contribution is 5.60. The summed E-state index contributed by atoms with van der Waals surface area (Å²) in [7, 11) is 0. The summed E-state index contributed by atoms with van der Waals surface area (Å²) in [4.78, 5) is 7.44. The Hall–Kier alpha value is -2.11. The molecule has 0 fully saturated rings. The largest absolute Gasteiger partial charge is 0.382 e. The van der Waals surface area contributed by atoms with Gasteiger partial charge >= 0.3 is 0 Å². The standard InChI is InChI=1S/C10H6F3N3/c11-6-2-1-5(9(12)10(6)13)7-3-15-4-8(14)16-7/h1-4H,(H2,14,16). The first-order chi connectivity index (χ1) is 7.59. The quantitative estimate of drug-likeness (QED) is 0.756. The Kier molecular flexibility index (Phi) is 2.47. The van der Waals surface area contributed by atoms with Crippen molar-refractivity contribution in [2.75, 3.05) is 5.73 Å². The Morgan fingerprint density at radius 3 is 2.44 bits per heavy atom. The van der Waals surface area contributed by atoms with Crippen molar-refractivity contribution >= 4 is 5.82 Å². The average Bonchev–Trinajstić information content (AvgIpc) is 2.26. The van der Waals surface area contributed by atoms with Crippen molar-refractivity contribution < 1.29 is 13.2 Å². The predicted molar refractivity (Wildman–Crippen MR) is 51.8 cm³/mol. The number of nitrogens with zero attached hydrogens (tertiary/aromatic N) is 2. The van der Waals surface area contributed by atoms with Crippen LogP contribution in [0.5, 0.6) is 0 Å². The summed E-state index contributed by atoms with van der Waals surface area (Å²) in [5.41, 5.74) is 5.22. The fraction of sp³-hybridized carbons (Fsp3) is 0. The van der Waals surface area contributed by atoms with Gasteiger partial charge in [-0.2, -0.15) is 0 Å². The summed E-state index contributed by atoms with van der Waals surface area (Å²) in [6.07, 6.45) is 2.48. The highest BCUT2D eigenvalue weighted by atomic mass is 19.2. The summed E-state index contributed by atoms with van der Waals surface area (Å²) in [6, 6.07) is 1.90. The number of benzene rings is 1. The van der Waals surface area contributed by atoms with Crippen LogP contribution in [0.25, 0.3) is 11.3 Å². The zero-order valence-corrected chi connectivity index (χ0v) is 7.92. The second kappa shape index (κ2) is 3.80. The van der Waals surface area contributed by atoms with Gasteiger partial charge in [-0.05, 0) is 12.1 Å². The molecule has 0 spiro atoms. The van der Waals surface area contributed by atoms with E-state index in [1.165, 1.54) is 12.4 Å². The van der Waals surface area contributed by atoms with Crippen LogP contribution in [0, 0.1) is 17.5 Å². The molecule has 0 aliphatic heterocycles. The average molecular weight is 225 g/mol. The van der Waals surface area contributed by atoms with Gasteiger partial charge in [-0.25, -0.2) is 18.2 Å². The van der Waals surface area contributed by atoms with Crippen LogP contribution >= 0.6 is 0 Å². The lowest BCUT2D eigenvalue weighted by Gasteiger charge is -2.04. The Balaban J connectivity index is 2.61. The van der Waals surface area contributed by atoms with Crippen molar-refractivity contribution in [2.45, 2.75) is 0 Å². The van der Waals surface area contributed by atoms with Crippen LogP contribution in [0.3, 0.4) is 0 Å². The molecular weight excluding hydrogens is 219 g/mol. The summed E-state index contributed by atoms with van der Waals surface area (Å²) < 4.78 is 39.0. The minimum atomic E-state index is -1.54. The van der Waals surface area contributed by atoms with Crippen LogP contribution in [0.1, 0.15) is 0 Å². The van der Waals surface area contributed by atoms with Gasteiger partial charge in [0.15, 0.2) is 17.5 Å². The first-order valence-electron chi connectivity index (χ1n) is 4.31. The van der Waals surface area contributed by atoms with Crippen LogP contribution in [0.4, 0.5) is 19.0 Å². The van der Waals surface area contributed by atoms with Gasteiger partial charge in [-0.3, -0.25) is 4.98 Å². The van der Waals surface area contributed by atoms with E-state index in [0.717, 1.165) is 12.1 Å². The molecular formula is C10H6F3N3. The van der Waals surface area contributed by atoms with Gasteiger partial charge in [-0.15, -0.1) is 0 Å². The number of anilines is 1. The lowest BCUT2D eigenvalue weighted by molar-refractivity contribution is 0.449. The molecule has 0 radical (unpaired) electrons. The maximum absolute atomic E-state index is 13.4. The van der Waals surface area contributed by atoms with Crippen LogP contribution < -0.4 is 5.73 Å². The third kappa shape index (κ3) is 1.69. The SMILES string of the molecule is Nc1cncc(-c2ccc(F)c(F)c2F)n1. The molecule has 1 aromatic carbocycles.